The molecule has 1 rings (SSSR count). The first-order valence-corrected chi connectivity index (χ1v) is 6.98. The molecule has 19 heavy (non-hydrogen) atoms. The van der Waals surface area contributed by atoms with E-state index in [0.717, 1.165) is 19.3 Å². The third-order valence-electron chi connectivity index (χ3n) is 2.92. The highest BCUT2D eigenvalue weighted by atomic mass is 16.6. The maximum atomic E-state index is 11.5. The van der Waals surface area contributed by atoms with E-state index in [1.807, 2.05) is 20.8 Å². The summed E-state index contributed by atoms with van der Waals surface area (Å²) in [7, 11) is 0. The van der Waals surface area contributed by atoms with Crippen molar-refractivity contribution < 1.29 is 9.53 Å². The van der Waals surface area contributed by atoms with Gasteiger partial charge in [-0.2, -0.15) is 0 Å². The van der Waals surface area contributed by atoms with Crippen LogP contribution in [0.25, 0.3) is 0 Å². The topological polar surface area (TPSA) is 76.4 Å². The molecule has 0 heterocycles. The number of rotatable bonds is 6. The molecular weight excluding hydrogens is 242 g/mol. The molecule has 0 aromatic rings. The van der Waals surface area contributed by atoms with Gasteiger partial charge in [-0.15, -0.1) is 0 Å². The van der Waals surface area contributed by atoms with Crippen LogP contribution in [0.2, 0.25) is 0 Å². The predicted molar refractivity (Wildman–Crippen MR) is 77.0 cm³/mol. The van der Waals surface area contributed by atoms with Gasteiger partial charge in [0.1, 0.15) is 5.60 Å². The molecule has 1 atom stereocenters. The van der Waals surface area contributed by atoms with Gasteiger partial charge in [0, 0.05) is 25.2 Å². The monoisotopic (exact) mass is 269 g/mol. The smallest absolute Gasteiger partial charge is 0.407 e. The molecule has 1 aliphatic rings. The molecule has 5 heteroatoms. The number of carbonyl (C=O) groups excluding carboxylic acids is 1. The highest BCUT2D eigenvalue weighted by molar-refractivity contribution is 5.67. The number of amides is 1. The van der Waals surface area contributed by atoms with E-state index < -0.39 is 5.60 Å². The van der Waals surface area contributed by atoms with E-state index in [1.54, 1.807) is 0 Å². The number of nitrogens with two attached hydrogens (primary N) is 1. The molecule has 0 fully saturated rings. The molecule has 0 saturated carbocycles. The van der Waals surface area contributed by atoms with Crippen LogP contribution in [0.15, 0.2) is 12.2 Å². The summed E-state index contributed by atoms with van der Waals surface area (Å²) in [6, 6.07) is 0.731. The van der Waals surface area contributed by atoms with E-state index in [4.69, 9.17) is 10.5 Å². The van der Waals surface area contributed by atoms with Crippen molar-refractivity contribution in [3.8, 4) is 0 Å². The SMILES string of the molecule is CC(C)(C)OC(=O)NCCC(CN)NC1CC=CC1. The molecule has 0 aromatic heterocycles. The summed E-state index contributed by atoms with van der Waals surface area (Å²) in [5.74, 6) is 0. The summed E-state index contributed by atoms with van der Waals surface area (Å²) >= 11 is 0. The average molecular weight is 269 g/mol. The molecule has 0 bridgehead atoms. The van der Waals surface area contributed by atoms with Crippen LogP contribution in [-0.2, 0) is 4.74 Å². The Morgan fingerprint density at radius 3 is 2.58 bits per heavy atom. The summed E-state index contributed by atoms with van der Waals surface area (Å²) in [5.41, 5.74) is 5.29. The van der Waals surface area contributed by atoms with E-state index in [0.29, 0.717) is 19.1 Å². The predicted octanol–water partition coefficient (Wildman–Crippen LogP) is 1.54. The minimum atomic E-state index is -0.453. The van der Waals surface area contributed by atoms with Crippen molar-refractivity contribution in [2.24, 2.45) is 5.73 Å². The molecule has 0 radical (unpaired) electrons. The first-order valence-electron chi connectivity index (χ1n) is 6.98. The normalized spacial score (nSPS) is 17.5. The van der Waals surface area contributed by atoms with E-state index >= 15 is 0 Å². The largest absolute Gasteiger partial charge is 0.444 e. The lowest BCUT2D eigenvalue weighted by atomic mass is 10.1. The minimum absolute atomic E-state index is 0.236. The van der Waals surface area contributed by atoms with Crippen LogP contribution in [-0.4, -0.2) is 36.9 Å². The van der Waals surface area contributed by atoms with Crippen LogP contribution >= 0.6 is 0 Å². The van der Waals surface area contributed by atoms with Gasteiger partial charge in [-0.1, -0.05) is 12.2 Å². The Morgan fingerprint density at radius 2 is 2.05 bits per heavy atom. The molecule has 0 aromatic carbocycles. The van der Waals surface area contributed by atoms with Crippen LogP contribution in [0.4, 0.5) is 4.79 Å². The third-order valence-corrected chi connectivity index (χ3v) is 2.92. The van der Waals surface area contributed by atoms with E-state index in [9.17, 15) is 4.79 Å². The summed E-state index contributed by atoms with van der Waals surface area (Å²) in [5, 5.41) is 6.26. The lowest BCUT2D eigenvalue weighted by Gasteiger charge is -2.23. The second-order valence-electron chi connectivity index (χ2n) is 5.96. The molecule has 0 aliphatic heterocycles. The summed E-state index contributed by atoms with van der Waals surface area (Å²) in [4.78, 5) is 11.5. The Balaban J connectivity index is 2.16. The van der Waals surface area contributed by atoms with Gasteiger partial charge in [-0.3, -0.25) is 0 Å². The zero-order valence-electron chi connectivity index (χ0n) is 12.2. The summed E-state index contributed by atoms with van der Waals surface area (Å²) < 4.78 is 5.17. The molecular formula is C14H27N3O2. The molecule has 5 nitrogen and oxygen atoms in total. The number of hydrogen-bond acceptors (Lipinski definition) is 4. The quantitative estimate of drug-likeness (QED) is 0.639. The van der Waals surface area contributed by atoms with E-state index in [1.165, 1.54) is 0 Å². The van der Waals surface area contributed by atoms with Crippen molar-refractivity contribution in [1.29, 1.82) is 0 Å². The number of alkyl carbamates (subject to hydrolysis) is 1. The second kappa shape index (κ2) is 7.50. The number of nitrogens with one attached hydrogen (secondary N) is 2. The van der Waals surface area contributed by atoms with Crippen LogP contribution < -0.4 is 16.4 Å². The molecule has 0 spiro atoms. The van der Waals surface area contributed by atoms with Crippen molar-refractivity contribution in [2.45, 2.75) is 57.7 Å². The fourth-order valence-corrected chi connectivity index (χ4v) is 2.02. The number of ether oxygens (including phenoxy) is 1. The average Bonchev–Trinajstić information content (AvgIpc) is 2.78. The van der Waals surface area contributed by atoms with Crippen LogP contribution in [0.1, 0.15) is 40.0 Å². The van der Waals surface area contributed by atoms with Gasteiger partial charge in [0.2, 0.25) is 0 Å². The zero-order chi connectivity index (χ0) is 14.3. The minimum Gasteiger partial charge on any atom is -0.444 e. The Bertz CT molecular complexity index is 302. The van der Waals surface area contributed by atoms with Crippen molar-refractivity contribution in [1.82, 2.24) is 10.6 Å². The molecule has 4 N–H and O–H groups in total. The molecule has 1 amide bonds. The lowest BCUT2D eigenvalue weighted by Crippen LogP contribution is -2.44. The maximum absolute atomic E-state index is 11.5. The standard InChI is InChI=1S/C14H27N3O2/c1-14(2,3)19-13(18)16-9-8-12(10-15)17-11-6-4-5-7-11/h4-5,11-12,17H,6-10,15H2,1-3H3,(H,16,18). The lowest BCUT2D eigenvalue weighted by molar-refractivity contribution is 0.0526. The van der Waals surface area contributed by atoms with Gasteiger partial charge in [0.15, 0.2) is 0 Å². The first-order chi connectivity index (χ1) is 8.90. The molecule has 110 valence electrons. The summed E-state index contributed by atoms with van der Waals surface area (Å²) in [6.45, 7) is 6.70. The number of hydrogen-bond donors (Lipinski definition) is 3. The van der Waals surface area contributed by atoms with Gasteiger partial charge in [0.25, 0.3) is 0 Å². The third kappa shape index (κ3) is 7.18. The molecule has 1 unspecified atom stereocenters. The van der Waals surface area contributed by atoms with Crippen molar-refractivity contribution in [3.63, 3.8) is 0 Å². The maximum Gasteiger partial charge on any atom is 0.407 e. The van der Waals surface area contributed by atoms with Gasteiger partial charge in [-0.05, 0) is 40.0 Å². The van der Waals surface area contributed by atoms with Gasteiger partial charge < -0.3 is 21.1 Å². The second-order valence-corrected chi connectivity index (χ2v) is 5.96. The van der Waals surface area contributed by atoms with E-state index in [-0.39, 0.29) is 12.1 Å². The van der Waals surface area contributed by atoms with Crippen LogP contribution in [0, 0.1) is 0 Å². The Labute approximate surface area is 116 Å². The highest BCUT2D eigenvalue weighted by Crippen LogP contribution is 2.10. The van der Waals surface area contributed by atoms with Crippen molar-refractivity contribution in [2.75, 3.05) is 13.1 Å². The van der Waals surface area contributed by atoms with Gasteiger partial charge >= 0.3 is 6.09 Å². The Kier molecular flexibility index (Phi) is 6.31. The summed E-state index contributed by atoms with van der Waals surface area (Å²) in [6.07, 6.45) is 6.94. The first kappa shape index (κ1) is 16.0. The fraction of sp³-hybridized carbons (Fsp3) is 0.786. The Morgan fingerprint density at radius 1 is 1.42 bits per heavy atom. The zero-order valence-corrected chi connectivity index (χ0v) is 12.2. The van der Waals surface area contributed by atoms with Crippen molar-refractivity contribution >= 4 is 6.09 Å². The van der Waals surface area contributed by atoms with Crippen LogP contribution in [0.5, 0.6) is 0 Å². The fourth-order valence-electron chi connectivity index (χ4n) is 2.02. The van der Waals surface area contributed by atoms with E-state index in [2.05, 4.69) is 22.8 Å². The molecule has 0 saturated heterocycles. The Hall–Kier alpha value is -1.07. The highest BCUT2D eigenvalue weighted by Gasteiger charge is 2.17. The van der Waals surface area contributed by atoms with Crippen molar-refractivity contribution in [3.05, 3.63) is 12.2 Å². The number of carbonyl (C=O) groups is 1. The van der Waals surface area contributed by atoms with Crippen LogP contribution in [0.3, 0.4) is 0 Å². The molecule has 1 aliphatic carbocycles. The van der Waals surface area contributed by atoms with Gasteiger partial charge in [-0.25, -0.2) is 4.79 Å². The van der Waals surface area contributed by atoms with Gasteiger partial charge in [0.05, 0.1) is 0 Å².